The Balaban J connectivity index is 2.37. The molecule has 1 aromatic carbocycles. The lowest BCUT2D eigenvalue weighted by atomic mass is 10.1. The SMILES string of the molecule is COc1cccc([C@H]2SCCN2C(=O)[C@H](C)Cl)c1OC. The average Bonchev–Trinajstić information content (AvgIpc) is 2.94. The van der Waals surface area contributed by atoms with Crippen molar-refractivity contribution in [2.24, 2.45) is 0 Å². The van der Waals surface area contributed by atoms with Crippen LogP contribution in [-0.2, 0) is 4.79 Å². The summed E-state index contributed by atoms with van der Waals surface area (Å²) in [5.41, 5.74) is 0.944. The summed E-state index contributed by atoms with van der Waals surface area (Å²) in [5.74, 6) is 2.19. The zero-order valence-corrected chi connectivity index (χ0v) is 13.3. The van der Waals surface area contributed by atoms with Crippen molar-refractivity contribution in [3.05, 3.63) is 23.8 Å². The number of para-hydroxylation sites is 1. The van der Waals surface area contributed by atoms with Crippen molar-refractivity contribution in [2.75, 3.05) is 26.5 Å². The van der Waals surface area contributed by atoms with E-state index in [-0.39, 0.29) is 11.3 Å². The van der Waals surface area contributed by atoms with Gasteiger partial charge in [-0.25, -0.2) is 0 Å². The molecule has 1 fully saturated rings. The third-order valence-corrected chi connectivity index (χ3v) is 4.64. The molecule has 1 aliphatic heterocycles. The monoisotopic (exact) mass is 315 g/mol. The van der Waals surface area contributed by atoms with Crippen molar-refractivity contribution in [3.8, 4) is 11.5 Å². The topological polar surface area (TPSA) is 38.8 Å². The molecular formula is C14H18ClNO3S. The molecule has 0 saturated carbocycles. The van der Waals surface area contributed by atoms with Gasteiger partial charge in [0.1, 0.15) is 10.8 Å². The van der Waals surface area contributed by atoms with Gasteiger partial charge in [0, 0.05) is 17.9 Å². The molecule has 0 aliphatic carbocycles. The minimum Gasteiger partial charge on any atom is -0.493 e. The molecule has 1 aromatic rings. The summed E-state index contributed by atoms with van der Waals surface area (Å²) < 4.78 is 10.8. The van der Waals surface area contributed by atoms with Gasteiger partial charge in [-0.1, -0.05) is 12.1 Å². The molecule has 0 aromatic heterocycles. The van der Waals surface area contributed by atoms with Crippen molar-refractivity contribution in [2.45, 2.75) is 17.7 Å². The Kier molecular flexibility index (Phi) is 5.05. The summed E-state index contributed by atoms with van der Waals surface area (Å²) in [6, 6.07) is 5.71. The number of halogens is 1. The van der Waals surface area contributed by atoms with E-state index >= 15 is 0 Å². The van der Waals surface area contributed by atoms with Gasteiger partial charge < -0.3 is 14.4 Å². The van der Waals surface area contributed by atoms with E-state index in [9.17, 15) is 4.79 Å². The second-order valence-electron chi connectivity index (χ2n) is 4.45. The number of thioether (sulfide) groups is 1. The van der Waals surface area contributed by atoms with Crippen molar-refractivity contribution < 1.29 is 14.3 Å². The summed E-state index contributed by atoms with van der Waals surface area (Å²) >= 11 is 7.65. The lowest BCUT2D eigenvalue weighted by molar-refractivity contribution is -0.130. The largest absolute Gasteiger partial charge is 0.493 e. The highest BCUT2D eigenvalue weighted by Crippen LogP contribution is 2.45. The van der Waals surface area contributed by atoms with E-state index in [1.807, 2.05) is 18.2 Å². The number of alkyl halides is 1. The Morgan fingerprint density at radius 1 is 1.45 bits per heavy atom. The molecule has 110 valence electrons. The fraction of sp³-hybridized carbons (Fsp3) is 0.500. The molecule has 2 rings (SSSR count). The van der Waals surface area contributed by atoms with Gasteiger partial charge >= 0.3 is 0 Å². The number of ether oxygens (including phenoxy) is 2. The summed E-state index contributed by atoms with van der Waals surface area (Å²) in [7, 11) is 3.21. The number of nitrogens with zero attached hydrogens (tertiary/aromatic N) is 1. The molecule has 1 saturated heterocycles. The van der Waals surface area contributed by atoms with E-state index in [2.05, 4.69) is 0 Å². The minimum absolute atomic E-state index is 0.0495. The number of hydrogen-bond acceptors (Lipinski definition) is 4. The first-order valence-electron chi connectivity index (χ1n) is 6.37. The fourth-order valence-electron chi connectivity index (χ4n) is 2.29. The maximum Gasteiger partial charge on any atom is 0.241 e. The zero-order valence-electron chi connectivity index (χ0n) is 11.8. The number of amides is 1. The van der Waals surface area contributed by atoms with Crippen LogP contribution in [0.5, 0.6) is 11.5 Å². The predicted octanol–water partition coefficient (Wildman–Crippen LogP) is 2.91. The standard InChI is InChI=1S/C14H18ClNO3S/c1-9(15)13(17)16-7-8-20-14(16)10-5-4-6-11(18-2)12(10)19-3/h4-6,9,14H,7-8H2,1-3H3/t9-,14+/m0/s1. The molecule has 0 bridgehead atoms. The molecule has 1 heterocycles. The van der Waals surface area contributed by atoms with Gasteiger partial charge in [0.25, 0.3) is 0 Å². The molecule has 0 spiro atoms. The summed E-state index contributed by atoms with van der Waals surface area (Å²) in [6.07, 6.45) is 0. The predicted molar refractivity (Wildman–Crippen MR) is 81.8 cm³/mol. The molecule has 6 heteroatoms. The van der Waals surface area contributed by atoms with Crippen molar-refractivity contribution >= 4 is 29.3 Å². The number of carbonyl (C=O) groups is 1. The number of rotatable bonds is 4. The Morgan fingerprint density at radius 3 is 2.80 bits per heavy atom. The molecule has 0 unspecified atom stereocenters. The van der Waals surface area contributed by atoms with E-state index in [4.69, 9.17) is 21.1 Å². The van der Waals surface area contributed by atoms with Crippen LogP contribution >= 0.6 is 23.4 Å². The Bertz CT molecular complexity index is 495. The first-order valence-corrected chi connectivity index (χ1v) is 7.85. The van der Waals surface area contributed by atoms with Crippen molar-refractivity contribution in [1.29, 1.82) is 0 Å². The van der Waals surface area contributed by atoms with Gasteiger partial charge in [-0.15, -0.1) is 23.4 Å². The highest BCUT2D eigenvalue weighted by atomic mass is 35.5. The van der Waals surface area contributed by atoms with Crippen LogP contribution in [0.4, 0.5) is 0 Å². The Hall–Kier alpha value is -1.07. The van der Waals surface area contributed by atoms with Crippen LogP contribution < -0.4 is 9.47 Å². The van der Waals surface area contributed by atoms with Crippen LogP contribution in [-0.4, -0.2) is 42.7 Å². The van der Waals surface area contributed by atoms with Gasteiger partial charge in [0.2, 0.25) is 5.91 Å². The lowest BCUT2D eigenvalue weighted by Gasteiger charge is -2.26. The van der Waals surface area contributed by atoms with Crippen molar-refractivity contribution in [1.82, 2.24) is 4.90 Å². The summed E-state index contributed by atoms with van der Waals surface area (Å²) in [5, 5.41) is -0.596. The molecule has 1 aliphatic rings. The van der Waals surface area contributed by atoms with Gasteiger partial charge in [-0.05, 0) is 13.0 Å². The van der Waals surface area contributed by atoms with Crippen LogP contribution in [0.25, 0.3) is 0 Å². The van der Waals surface area contributed by atoms with Crippen LogP contribution in [0, 0.1) is 0 Å². The molecule has 4 nitrogen and oxygen atoms in total. The quantitative estimate of drug-likeness (QED) is 0.801. The maximum atomic E-state index is 12.2. The van der Waals surface area contributed by atoms with Crippen LogP contribution in [0.1, 0.15) is 17.9 Å². The normalized spacial score (nSPS) is 19.8. The number of hydrogen-bond donors (Lipinski definition) is 0. The highest BCUT2D eigenvalue weighted by Gasteiger charge is 2.34. The second-order valence-corrected chi connectivity index (χ2v) is 6.30. The molecule has 2 atom stereocenters. The molecule has 0 radical (unpaired) electrons. The number of methoxy groups -OCH3 is 2. The van der Waals surface area contributed by atoms with Crippen molar-refractivity contribution in [3.63, 3.8) is 0 Å². The Morgan fingerprint density at radius 2 is 2.20 bits per heavy atom. The van der Waals surface area contributed by atoms with Gasteiger partial charge in [-0.2, -0.15) is 0 Å². The maximum absolute atomic E-state index is 12.2. The number of benzene rings is 1. The first kappa shape index (κ1) is 15.3. The minimum atomic E-state index is -0.521. The summed E-state index contributed by atoms with van der Waals surface area (Å²) in [4.78, 5) is 14.0. The van der Waals surface area contributed by atoms with E-state index in [1.165, 1.54) is 0 Å². The van der Waals surface area contributed by atoms with Gasteiger partial charge in [-0.3, -0.25) is 4.79 Å². The van der Waals surface area contributed by atoms with E-state index < -0.39 is 5.38 Å². The smallest absolute Gasteiger partial charge is 0.241 e. The highest BCUT2D eigenvalue weighted by molar-refractivity contribution is 7.99. The summed E-state index contributed by atoms with van der Waals surface area (Å²) in [6.45, 7) is 2.40. The fourth-order valence-corrected chi connectivity index (χ4v) is 3.69. The van der Waals surface area contributed by atoms with E-state index in [0.717, 1.165) is 11.3 Å². The lowest BCUT2D eigenvalue weighted by Crippen LogP contribution is -2.35. The third-order valence-electron chi connectivity index (χ3n) is 3.21. The third kappa shape index (κ3) is 2.83. The van der Waals surface area contributed by atoms with E-state index in [0.29, 0.717) is 18.0 Å². The number of carbonyl (C=O) groups excluding carboxylic acids is 1. The molecule has 1 amide bonds. The first-order chi connectivity index (χ1) is 9.60. The molecule has 0 N–H and O–H groups in total. The van der Waals surface area contributed by atoms with Gasteiger partial charge in [0.05, 0.1) is 14.2 Å². The molecular weight excluding hydrogens is 298 g/mol. The van der Waals surface area contributed by atoms with Crippen LogP contribution in [0.15, 0.2) is 18.2 Å². The molecule has 20 heavy (non-hydrogen) atoms. The average molecular weight is 316 g/mol. The second kappa shape index (κ2) is 6.59. The zero-order chi connectivity index (χ0) is 14.7. The van der Waals surface area contributed by atoms with E-state index in [1.54, 1.807) is 37.8 Å². The Labute approximate surface area is 128 Å². The van der Waals surface area contributed by atoms with Gasteiger partial charge in [0.15, 0.2) is 11.5 Å². The van der Waals surface area contributed by atoms with Crippen LogP contribution in [0.3, 0.4) is 0 Å². The van der Waals surface area contributed by atoms with Crippen LogP contribution in [0.2, 0.25) is 0 Å².